The van der Waals surface area contributed by atoms with Crippen molar-refractivity contribution in [3.63, 3.8) is 0 Å². The first-order valence-corrected chi connectivity index (χ1v) is 12.3. The topological polar surface area (TPSA) is 183 Å². The molecule has 4 rings (SSSR count). The van der Waals surface area contributed by atoms with E-state index in [2.05, 4.69) is 16.5 Å². The molecule has 11 nitrogen and oxygen atoms in total. The van der Waals surface area contributed by atoms with Crippen LogP contribution in [-0.4, -0.2) is 74.1 Å². The zero-order valence-corrected chi connectivity index (χ0v) is 20.3. The molecule has 4 aromatic rings. The van der Waals surface area contributed by atoms with Crippen LogP contribution in [0, 0.1) is 0 Å². The van der Waals surface area contributed by atoms with E-state index < -0.39 is 30.3 Å². The smallest absolute Gasteiger partial charge is 0.335 e. The fraction of sp³-hybridized carbons (Fsp3) is 0.261. The van der Waals surface area contributed by atoms with Crippen molar-refractivity contribution in [3.05, 3.63) is 58.1 Å². The molecule has 0 bridgehead atoms. The van der Waals surface area contributed by atoms with Crippen LogP contribution in [0.3, 0.4) is 0 Å². The predicted molar refractivity (Wildman–Crippen MR) is 132 cm³/mol. The van der Waals surface area contributed by atoms with Gasteiger partial charge in [0.15, 0.2) is 17.8 Å². The van der Waals surface area contributed by atoms with E-state index >= 15 is 0 Å². The van der Waals surface area contributed by atoms with Crippen LogP contribution in [0.5, 0.6) is 5.75 Å². The zero-order valence-electron chi connectivity index (χ0n) is 18.7. The maximum atomic E-state index is 10.1. The minimum absolute atomic E-state index is 0.230. The Bertz CT molecular complexity index is 1240. The highest BCUT2D eigenvalue weighted by Crippen LogP contribution is 2.33. The number of rotatable bonds is 11. The second-order valence-electron chi connectivity index (χ2n) is 7.41. The summed E-state index contributed by atoms with van der Waals surface area (Å²) in [6.45, 7) is 1.47. The number of nitrogens with one attached hydrogen (secondary N) is 1. The molecule has 0 saturated heterocycles. The zero-order chi connectivity index (χ0) is 26.1. The molecule has 0 amide bonds. The van der Waals surface area contributed by atoms with Gasteiger partial charge >= 0.3 is 11.9 Å². The van der Waals surface area contributed by atoms with Gasteiger partial charge in [0.25, 0.3) is 0 Å². The number of ether oxygens (including phenoxy) is 1. The Balaban J connectivity index is 0.000000308. The van der Waals surface area contributed by atoms with Crippen molar-refractivity contribution < 1.29 is 44.4 Å². The minimum Gasteiger partial charge on any atom is -0.491 e. The Hall–Kier alpha value is -3.33. The standard InChI is InChI=1S/C19H18N2O3S2.C4H6O6/c22-14(10-20-11-16-5-2-7-25-16)12-23-15-4-1-3-13(9-15)18-19-17(24-21-18)6-8-26-19;5-1(3(7)8)2(6)4(9)10/h1-9,14,20,22H,10-12H2;1-2,5-6H,(H,7,8)(H,9,10)/t14-;1-,2-/m11/s1. The molecule has 0 aliphatic heterocycles. The third-order valence-corrected chi connectivity index (χ3v) is 6.47. The summed E-state index contributed by atoms with van der Waals surface area (Å²) in [4.78, 5) is 20.8. The Morgan fingerprint density at radius 1 is 1.00 bits per heavy atom. The molecule has 0 radical (unpaired) electrons. The molecule has 36 heavy (non-hydrogen) atoms. The van der Waals surface area contributed by atoms with Gasteiger partial charge in [0, 0.05) is 23.5 Å². The highest BCUT2D eigenvalue weighted by molar-refractivity contribution is 7.17. The summed E-state index contributed by atoms with van der Waals surface area (Å²) in [7, 11) is 0. The van der Waals surface area contributed by atoms with E-state index in [1.54, 1.807) is 22.7 Å². The predicted octanol–water partition coefficient (Wildman–Crippen LogP) is 2.02. The average Bonchev–Trinajstić information content (AvgIpc) is 3.61. The summed E-state index contributed by atoms with van der Waals surface area (Å²) in [5.74, 6) is -2.84. The van der Waals surface area contributed by atoms with E-state index in [1.165, 1.54) is 4.88 Å². The van der Waals surface area contributed by atoms with E-state index in [1.807, 2.05) is 47.2 Å². The van der Waals surface area contributed by atoms with Gasteiger partial charge in [-0.15, -0.1) is 22.7 Å². The van der Waals surface area contributed by atoms with E-state index in [-0.39, 0.29) is 6.61 Å². The minimum atomic E-state index is -2.27. The molecule has 0 spiro atoms. The Morgan fingerprint density at radius 2 is 1.75 bits per heavy atom. The van der Waals surface area contributed by atoms with Crippen molar-refractivity contribution >= 4 is 44.9 Å². The van der Waals surface area contributed by atoms with Crippen LogP contribution < -0.4 is 10.1 Å². The van der Waals surface area contributed by atoms with Crippen LogP contribution in [0.1, 0.15) is 4.88 Å². The van der Waals surface area contributed by atoms with E-state index in [0.717, 1.165) is 28.1 Å². The molecular formula is C23H24N2O9S2. The van der Waals surface area contributed by atoms with Crippen molar-refractivity contribution in [2.24, 2.45) is 0 Å². The number of carboxylic acids is 2. The van der Waals surface area contributed by atoms with Crippen LogP contribution in [-0.2, 0) is 16.1 Å². The number of fused-ring (bicyclic) bond motifs is 1. The summed E-state index contributed by atoms with van der Waals surface area (Å²) in [5, 5.41) is 54.0. The van der Waals surface area contributed by atoms with Crippen molar-refractivity contribution in [2.45, 2.75) is 24.9 Å². The Labute approximate surface area is 212 Å². The summed E-state index contributed by atoms with van der Waals surface area (Å²) >= 11 is 3.30. The summed E-state index contributed by atoms with van der Waals surface area (Å²) < 4.78 is 12.1. The highest BCUT2D eigenvalue weighted by Gasteiger charge is 2.29. The van der Waals surface area contributed by atoms with Gasteiger partial charge < -0.3 is 40.1 Å². The highest BCUT2D eigenvalue weighted by atomic mass is 32.1. The molecule has 6 N–H and O–H groups in total. The SMILES string of the molecule is O=C(O)[C@H](O)[C@@H](O)C(=O)O.O[C@H](CNCc1cccs1)COc1cccc(-c2noc3ccsc23)c1. The van der Waals surface area contributed by atoms with Crippen LogP contribution in [0.2, 0.25) is 0 Å². The second-order valence-corrected chi connectivity index (χ2v) is 9.36. The monoisotopic (exact) mass is 536 g/mol. The molecule has 3 heterocycles. The van der Waals surface area contributed by atoms with Crippen LogP contribution >= 0.6 is 22.7 Å². The van der Waals surface area contributed by atoms with Crippen molar-refractivity contribution in [1.82, 2.24) is 10.5 Å². The molecule has 1 aromatic carbocycles. The van der Waals surface area contributed by atoms with Crippen LogP contribution in [0.15, 0.2) is 57.7 Å². The summed E-state index contributed by atoms with van der Waals surface area (Å²) in [6, 6.07) is 13.7. The quantitative estimate of drug-likeness (QED) is 0.165. The molecule has 3 aromatic heterocycles. The number of benzene rings is 1. The van der Waals surface area contributed by atoms with Crippen molar-refractivity contribution in [3.8, 4) is 17.0 Å². The maximum absolute atomic E-state index is 10.1. The molecule has 3 atom stereocenters. The number of aliphatic hydroxyl groups is 3. The first-order chi connectivity index (χ1) is 17.3. The summed E-state index contributed by atoms with van der Waals surface area (Å²) in [5.41, 5.74) is 2.55. The first-order valence-electron chi connectivity index (χ1n) is 10.5. The number of nitrogens with zero attached hydrogens (tertiary/aromatic N) is 1. The lowest BCUT2D eigenvalue weighted by atomic mass is 10.1. The lowest BCUT2D eigenvalue weighted by molar-refractivity contribution is -0.165. The molecule has 192 valence electrons. The van der Waals surface area contributed by atoms with Crippen molar-refractivity contribution in [1.29, 1.82) is 0 Å². The van der Waals surface area contributed by atoms with Gasteiger partial charge in [-0.1, -0.05) is 23.4 Å². The van der Waals surface area contributed by atoms with Gasteiger partial charge in [-0.25, -0.2) is 9.59 Å². The lowest BCUT2D eigenvalue weighted by Gasteiger charge is -2.13. The normalized spacial score (nSPS) is 13.4. The Kier molecular flexibility index (Phi) is 9.93. The molecule has 13 heteroatoms. The number of aliphatic hydroxyl groups excluding tert-OH is 3. The van der Waals surface area contributed by atoms with Gasteiger partial charge in [-0.2, -0.15) is 0 Å². The van der Waals surface area contributed by atoms with Gasteiger partial charge in [0.2, 0.25) is 0 Å². The van der Waals surface area contributed by atoms with Gasteiger partial charge in [-0.05, 0) is 35.0 Å². The second kappa shape index (κ2) is 13.1. The van der Waals surface area contributed by atoms with Crippen LogP contribution in [0.4, 0.5) is 0 Å². The molecular weight excluding hydrogens is 512 g/mol. The van der Waals surface area contributed by atoms with E-state index in [9.17, 15) is 14.7 Å². The number of carbonyl (C=O) groups is 2. The number of hydrogen-bond donors (Lipinski definition) is 6. The third-order valence-electron chi connectivity index (χ3n) is 4.69. The molecule has 0 saturated carbocycles. The Morgan fingerprint density at radius 3 is 2.42 bits per heavy atom. The van der Waals surface area contributed by atoms with E-state index in [4.69, 9.17) is 29.7 Å². The van der Waals surface area contributed by atoms with Gasteiger partial charge in [-0.3, -0.25) is 0 Å². The molecule has 0 fully saturated rings. The first kappa shape index (κ1) is 27.3. The number of aromatic nitrogens is 1. The van der Waals surface area contributed by atoms with E-state index in [0.29, 0.717) is 12.3 Å². The molecule has 0 unspecified atom stereocenters. The number of aliphatic carboxylic acids is 2. The number of hydrogen-bond acceptors (Lipinski definition) is 11. The van der Waals surface area contributed by atoms with Crippen LogP contribution in [0.25, 0.3) is 21.5 Å². The summed E-state index contributed by atoms with van der Waals surface area (Å²) in [6.07, 6.45) is -5.11. The van der Waals surface area contributed by atoms with Gasteiger partial charge in [0.05, 0.1) is 0 Å². The molecule has 0 aliphatic rings. The molecule has 0 aliphatic carbocycles. The van der Waals surface area contributed by atoms with Crippen molar-refractivity contribution in [2.75, 3.05) is 13.2 Å². The third kappa shape index (κ3) is 7.58. The fourth-order valence-corrected chi connectivity index (χ4v) is 4.38. The maximum Gasteiger partial charge on any atom is 0.335 e. The largest absolute Gasteiger partial charge is 0.491 e. The van der Waals surface area contributed by atoms with Gasteiger partial charge in [0.1, 0.15) is 28.9 Å². The number of thiophene rings is 2. The fourth-order valence-electron chi connectivity index (χ4n) is 2.89. The number of carboxylic acid groups (broad SMARTS) is 2. The average molecular weight is 537 g/mol. The lowest BCUT2D eigenvalue weighted by Crippen LogP contribution is -2.39.